The summed E-state index contributed by atoms with van der Waals surface area (Å²) in [6, 6.07) is -1.47. The van der Waals surface area contributed by atoms with Crippen LogP contribution in [-0.2, 0) is 52.5 Å². The standard InChI is InChI=1S/C60H94N2O15/c1-36-15-12-11-13-16-37(2)50(73-8)34-45-20-18-42(7)60(72,77-45)57(68)58(69)62-25-14-17-46(53(62)59(70)71)47(38(3)31-48(64)39(4)30-41(6)55(67)56(75-10)54(66)40(5)29-36)32-44-19-21-49(51(33-44)74-9)76-52(65)35-61-26-22-43(23-27-61)24-28-63/h11-13,15-16,30,36,38-40,42-47,49-51,53,55-56,63,67,72H,14,17-29,31-35H2,1-10H3,(H,70,71)/b13-11+,15-12+,37-16+,41-30+/t36-,38+,39-,40-,42-,44+,45+,46?,47-,49-,50+,51-,53+,55-,56+,60-/m1/s1. The van der Waals surface area contributed by atoms with Gasteiger partial charge in [-0.1, -0.05) is 71.1 Å². The molecule has 0 aromatic rings. The van der Waals surface area contributed by atoms with Gasteiger partial charge in [0.2, 0.25) is 5.79 Å². The molecular weight excluding hydrogens is 989 g/mol. The van der Waals surface area contributed by atoms with Crippen LogP contribution in [-0.4, -0.2) is 168 Å². The van der Waals surface area contributed by atoms with Crippen LogP contribution < -0.4 is 0 Å². The van der Waals surface area contributed by atoms with Crippen molar-refractivity contribution < 1.29 is 72.9 Å². The minimum Gasteiger partial charge on any atom is -0.480 e. The highest BCUT2D eigenvalue weighted by atomic mass is 16.6. The number of carbonyl (C=O) groups is 6. The summed E-state index contributed by atoms with van der Waals surface area (Å²) in [5.41, 5.74) is 1.25. The van der Waals surface area contributed by atoms with Gasteiger partial charge in [0.1, 0.15) is 30.1 Å². The Morgan fingerprint density at radius 1 is 0.805 bits per heavy atom. The van der Waals surface area contributed by atoms with Crippen molar-refractivity contribution in [1.82, 2.24) is 9.80 Å². The van der Waals surface area contributed by atoms with E-state index >= 15 is 0 Å². The number of Topliss-reactive ketones (excluding diaryl/α,β-unsaturated/α-hetero) is 3. The van der Waals surface area contributed by atoms with E-state index in [0.717, 1.165) is 42.8 Å². The third-order valence-corrected chi connectivity index (χ3v) is 17.9. The van der Waals surface area contributed by atoms with E-state index in [4.69, 9.17) is 23.7 Å². The summed E-state index contributed by atoms with van der Waals surface area (Å²) in [5, 5.41) is 44.3. The Morgan fingerprint density at radius 3 is 2.17 bits per heavy atom. The topological polar surface area (TPSA) is 236 Å². The molecule has 434 valence electrons. The van der Waals surface area contributed by atoms with Crippen LogP contribution >= 0.6 is 0 Å². The lowest BCUT2D eigenvalue weighted by molar-refractivity contribution is -0.265. The van der Waals surface area contributed by atoms with Crippen LogP contribution in [0.3, 0.4) is 0 Å². The molecule has 0 spiro atoms. The predicted octanol–water partition coefficient (Wildman–Crippen LogP) is 6.84. The maximum Gasteiger partial charge on any atom is 0.326 e. The van der Waals surface area contributed by atoms with E-state index in [1.54, 1.807) is 41.1 Å². The summed E-state index contributed by atoms with van der Waals surface area (Å²) < 4.78 is 29.8. The molecule has 4 fully saturated rings. The Balaban J connectivity index is 1.47. The molecule has 17 nitrogen and oxygen atoms in total. The molecule has 1 amide bonds. The number of methoxy groups -OCH3 is 3. The van der Waals surface area contributed by atoms with E-state index in [-0.39, 0.29) is 61.9 Å². The number of fused-ring (bicyclic) bond motifs is 4. The number of rotatable bonds is 11. The number of nitrogens with zero attached hydrogens (tertiary/aromatic N) is 2. The Morgan fingerprint density at radius 2 is 1.52 bits per heavy atom. The monoisotopic (exact) mass is 1080 g/mol. The van der Waals surface area contributed by atoms with Gasteiger partial charge in [-0.3, -0.25) is 28.9 Å². The Bertz CT molecular complexity index is 2110. The molecule has 5 aliphatic rings. The van der Waals surface area contributed by atoms with Gasteiger partial charge in [-0.25, -0.2) is 4.79 Å². The number of ether oxygens (including phenoxy) is 5. The molecule has 4 heterocycles. The van der Waals surface area contributed by atoms with Crippen molar-refractivity contribution in [3.8, 4) is 0 Å². The molecule has 4 bridgehead atoms. The van der Waals surface area contributed by atoms with Gasteiger partial charge in [0, 0.05) is 65.1 Å². The van der Waals surface area contributed by atoms with Crippen molar-refractivity contribution in [2.45, 2.75) is 187 Å². The molecule has 4 aliphatic heterocycles. The van der Waals surface area contributed by atoms with Crippen molar-refractivity contribution in [3.05, 3.63) is 47.6 Å². The van der Waals surface area contributed by atoms with Crippen LogP contribution in [0, 0.1) is 53.3 Å². The highest BCUT2D eigenvalue weighted by Crippen LogP contribution is 2.44. The molecule has 0 aromatic heterocycles. The predicted molar refractivity (Wildman–Crippen MR) is 290 cm³/mol. The number of ketones is 3. The molecular formula is C60H94N2O15. The summed E-state index contributed by atoms with van der Waals surface area (Å²) in [5.74, 6) is -10.1. The number of carboxylic acid groups (broad SMARTS) is 1. The second-order valence-corrected chi connectivity index (χ2v) is 23.5. The van der Waals surface area contributed by atoms with Gasteiger partial charge in [-0.15, -0.1) is 0 Å². The normalized spacial score (nSPS) is 39.0. The smallest absolute Gasteiger partial charge is 0.326 e. The number of hydrogen-bond acceptors (Lipinski definition) is 15. The third-order valence-electron chi connectivity index (χ3n) is 17.9. The molecule has 17 heteroatoms. The Kier molecular flexibility index (Phi) is 24.9. The van der Waals surface area contributed by atoms with Gasteiger partial charge in [0.25, 0.3) is 11.7 Å². The number of amides is 1. The quantitative estimate of drug-likeness (QED) is 0.0942. The minimum absolute atomic E-state index is 0.00568. The molecule has 5 rings (SSSR count). The summed E-state index contributed by atoms with van der Waals surface area (Å²) in [6.07, 6.45) is 13.6. The van der Waals surface area contributed by atoms with Crippen molar-refractivity contribution in [1.29, 1.82) is 0 Å². The van der Waals surface area contributed by atoms with Gasteiger partial charge in [-0.05, 0) is 151 Å². The van der Waals surface area contributed by atoms with Crippen LogP contribution in [0.1, 0.15) is 138 Å². The summed E-state index contributed by atoms with van der Waals surface area (Å²) in [4.78, 5) is 87.6. The number of allylic oxidation sites excluding steroid dienone is 6. The number of carboxylic acids is 1. The molecule has 1 aliphatic carbocycles. The summed E-state index contributed by atoms with van der Waals surface area (Å²) in [6.45, 7) is 14.4. The molecule has 1 saturated carbocycles. The van der Waals surface area contributed by atoms with Crippen molar-refractivity contribution >= 4 is 35.2 Å². The van der Waals surface area contributed by atoms with Crippen LogP contribution in [0.5, 0.6) is 0 Å². The zero-order chi connectivity index (χ0) is 56.7. The lowest BCUT2D eigenvalue weighted by Gasteiger charge is -2.46. The fourth-order valence-electron chi connectivity index (χ4n) is 13.1. The molecule has 16 atom stereocenters. The van der Waals surface area contributed by atoms with Gasteiger partial charge < -0.3 is 49.0 Å². The number of likely N-dealkylation sites (tertiary alicyclic amines) is 1. The van der Waals surface area contributed by atoms with E-state index < -0.39 is 102 Å². The molecule has 0 radical (unpaired) electrons. The van der Waals surface area contributed by atoms with Crippen LogP contribution in [0.25, 0.3) is 0 Å². The van der Waals surface area contributed by atoms with Gasteiger partial charge in [0.15, 0.2) is 5.78 Å². The first kappa shape index (κ1) is 63.9. The maximum absolute atomic E-state index is 14.7. The van der Waals surface area contributed by atoms with E-state index in [9.17, 15) is 49.2 Å². The van der Waals surface area contributed by atoms with Crippen LogP contribution in [0.2, 0.25) is 0 Å². The number of carbonyl (C=O) groups excluding carboxylic acids is 5. The van der Waals surface area contributed by atoms with E-state index in [2.05, 4.69) is 4.90 Å². The van der Waals surface area contributed by atoms with E-state index in [1.807, 2.05) is 58.1 Å². The van der Waals surface area contributed by atoms with Crippen molar-refractivity contribution in [2.75, 3.05) is 54.1 Å². The Hall–Kier alpha value is -3.94. The first-order chi connectivity index (χ1) is 36.6. The summed E-state index contributed by atoms with van der Waals surface area (Å²) in [7, 11) is 4.52. The van der Waals surface area contributed by atoms with Crippen molar-refractivity contribution in [3.63, 3.8) is 0 Å². The Labute approximate surface area is 458 Å². The number of piperidine rings is 2. The highest BCUT2D eigenvalue weighted by Gasteiger charge is 2.55. The first-order valence-electron chi connectivity index (χ1n) is 28.6. The van der Waals surface area contributed by atoms with Crippen LogP contribution in [0.15, 0.2) is 47.6 Å². The second kappa shape index (κ2) is 30.0. The van der Waals surface area contributed by atoms with E-state index in [1.165, 1.54) is 7.11 Å². The van der Waals surface area contributed by atoms with E-state index in [0.29, 0.717) is 69.3 Å². The lowest BCUT2D eigenvalue weighted by atomic mass is 9.66. The van der Waals surface area contributed by atoms with Crippen LogP contribution in [0.4, 0.5) is 0 Å². The number of aliphatic carboxylic acids is 1. The number of aliphatic hydroxyl groups excluding tert-OH is 2. The highest BCUT2D eigenvalue weighted by molar-refractivity contribution is 6.39. The summed E-state index contributed by atoms with van der Waals surface area (Å²) >= 11 is 0. The first-order valence-corrected chi connectivity index (χ1v) is 28.6. The zero-order valence-electron chi connectivity index (χ0n) is 47.8. The molecule has 4 N–H and O–H groups in total. The molecule has 0 aromatic carbocycles. The molecule has 77 heavy (non-hydrogen) atoms. The maximum atomic E-state index is 14.7. The second-order valence-electron chi connectivity index (χ2n) is 23.5. The molecule has 3 saturated heterocycles. The molecule has 1 unspecified atom stereocenters. The number of aliphatic hydroxyl groups is 3. The van der Waals surface area contributed by atoms with Crippen molar-refractivity contribution in [2.24, 2.45) is 53.3 Å². The van der Waals surface area contributed by atoms with Gasteiger partial charge in [0.05, 0.1) is 24.9 Å². The zero-order valence-corrected chi connectivity index (χ0v) is 47.8. The van der Waals surface area contributed by atoms with Gasteiger partial charge >= 0.3 is 11.9 Å². The number of hydrogen-bond donors (Lipinski definition) is 4. The minimum atomic E-state index is -2.52. The third kappa shape index (κ3) is 17.0. The average Bonchev–Trinajstić information content (AvgIpc) is 3.43. The SMILES string of the molecule is CO[C@H]1C[C@@H]2CC[C@@H](C)[C@@](O)(O2)C(=O)C(=O)N2CCCC([C@H]2C(=O)O)[C@H](C[C@@H]2CC[C@@H](OC(=O)CN3CCC(CCO)CC3)[C@H](OC)C2)[C@@H](C)CC(=O)[C@H](C)/C=C(\C)[C@@H](O)[C@@H](OC)C(=O)[C@H](C)C[C@H](C)/C=C/C=C/C=C/1C. The fraction of sp³-hybridized carbons (Fsp3) is 0.767. The lowest BCUT2D eigenvalue weighted by Crippen LogP contribution is -2.62. The fourth-order valence-corrected chi connectivity index (χ4v) is 13.1. The van der Waals surface area contributed by atoms with Gasteiger partial charge in [-0.2, -0.15) is 0 Å². The average molecular weight is 1080 g/mol. The number of esters is 1. The largest absolute Gasteiger partial charge is 0.480 e.